The molecular weight excluding hydrogens is 322 g/mol. The second kappa shape index (κ2) is 6.58. The maximum absolute atomic E-state index is 12.2. The van der Waals surface area contributed by atoms with Crippen LogP contribution in [0.15, 0.2) is 60.2 Å². The molecule has 24 heavy (non-hydrogen) atoms. The van der Waals surface area contributed by atoms with Crippen molar-refractivity contribution in [2.24, 2.45) is 5.41 Å². The van der Waals surface area contributed by atoms with Gasteiger partial charge >= 0.3 is 0 Å². The lowest BCUT2D eigenvalue weighted by atomic mass is 9.90. The first-order valence-corrected chi connectivity index (χ1v) is 8.46. The van der Waals surface area contributed by atoms with Gasteiger partial charge in [0.25, 0.3) is 0 Å². The van der Waals surface area contributed by atoms with Crippen molar-refractivity contribution in [1.82, 2.24) is 4.90 Å². The molecular formula is C20H22ClNO2. The molecule has 0 radical (unpaired) electrons. The summed E-state index contributed by atoms with van der Waals surface area (Å²) >= 11 is 6.01. The monoisotopic (exact) mass is 343 g/mol. The third kappa shape index (κ3) is 3.47. The van der Waals surface area contributed by atoms with Gasteiger partial charge in [-0.3, -0.25) is 4.79 Å². The van der Waals surface area contributed by atoms with Crippen LogP contribution in [0.25, 0.3) is 0 Å². The number of hydrogen-bond donors (Lipinski definition) is 0. The van der Waals surface area contributed by atoms with Crippen LogP contribution in [0.4, 0.5) is 0 Å². The number of carbonyl (C=O) groups excluding carboxylic acids is 1. The summed E-state index contributed by atoms with van der Waals surface area (Å²) < 4.78 is 5.94. The highest BCUT2D eigenvalue weighted by Gasteiger charge is 2.37. The maximum Gasteiger partial charge on any atom is 0.248 e. The lowest BCUT2D eigenvalue weighted by Crippen LogP contribution is -2.47. The average molecular weight is 344 g/mol. The molecule has 1 aromatic carbocycles. The Kier molecular flexibility index (Phi) is 4.66. The largest absolute Gasteiger partial charge is 0.361 e. The number of hydrogen-bond acceptors (Lipinski definition) is 2. The van der Waals surface area contributed by atoms with E-state index >= 15 is 0 Å². The minimum Gasteiger partial charge on any atom is -0.361 e. The molecule has 1 aliphatic carbocycles. The highest BCUT2D eigenvalue weighted by molar-refractivity contribution is 6.30. The number of amides is 1. The van der Waals surface area contributed by atoms with Crippen molar-refractivity contribution in [3.63, 3.8) is 0 Å². The molecule has 0 saturated carbocycles. The van der Waals surface area contributed by atoms with Crippen molar-refractivity contribution in [1.29, 1.82) is 0 Å². The number of rotatable bonds is 2. The fraction of sp³-hybridized carbons (Fsp3) is 0.350. The van der Waals surface area contributed by atoms with Gasteiger partial charge in [-0.2, -0.15) is 0 Å². The van der Waals surface area contributed by atoms with Crippen LogP contribution < -0.4 is 0 Å². The number of carbonyl (C=O) groups is 1. The maximum atomic E-state index is 12.2. The van der Waals surface area contributed by atoms with Crippen LogP contribution in [0.2, 0.25) is 5.02 Å². The van der Waals surface area contributed by atoms with Crippen LogP contribution in [-0.4, -0.2) is 30.6 Å². The van der Waals surface area contributed by atoms with Crippen molar-refractivity contribution in [2.45, 2.75) is 26.0 Å². The zero-order valence-electron chi connectivity index (χ0n) is 14.2. The summed E-state index contributed by atoms with van der Waals surface area (Å²) in [5, 5.41) is 0.680. The predicted octanol–water partition coefficient (Wildman–Crippen LogP) is 4.32. The van der Waals surface area contributed by atoms with Gasteiger partial charge in [0.1, 0.15) is 12.7 Å². The second-order valence-corrected chi connectivity index (χ2v) is 7.35. The van der Waals surface area contributed by atoms with E-state index in [4.69, 9.17) is 16.3 Å². The minimum absolute atomic E-state index is 0.00437. The van der Waals surface area contributed by atoms with Crippen molar-refractivity contribution < 1.29 is 9.53 Å². The Morgan fingerprint density at radius 3 is 2.62 bits per heavy atom. The predicted molar refractivity (Wildman–Crippen MR) is 96.8 cm³/mol. The van der Waals surface area contributed by atoms with E-state index in [2.05, 4.69) is 44.2 Å². The van der Waals surface area contributed by atoms with E-state index in [1.165, 1.54) is 0 Å². The normalized spacial score (nSPS) is 26.2. The van der Waals surface area contributed by atoms with Gasteiger partial charge in [0.2, 0.25) is 5.91 Å². The summed E-state index contributed by atoms with van der Waals surface area (Å²) in [7, 11) is 1.83. The Hall–Kier alpha value is -1.84. The second-order valence-electron chi connectivity index (χ2n) is 6.91. The first-order valence-electron chi connectivity index (χ1n) is 8.09. The van der Waals surface area contributed by atoms with Gasteiger partial charge in [0, 0.05) is 17.5 Å². The van der Waals surface area contributed by atoms with Crippen molar-refractivity contribution in [3.8, 4) is 0 Å². The quantitative estimate of drug-likeness (QED) is 0.800. The SMILES string of the molecule is CN1C(=O)COC(C2=CC=CC(C)(C)C=C2)C1c1ccc(Cl)cc1. The number of nitrogens with zero attached hydrogens (tertiary/aromatic N) is 1. The van der Waals surface area contributed by atoms with Gasteiger partial charge in [0.05, 0.1) is 6.04 Å². The van der Waals surface area contributed by atoms with Crippen molar-refractivity contribution >= 4 is 17.5 Å². The highest BCUT2D eigenvalue weighted by Crippen LogP contribution is 2.35. The molecule has 0 bridgehead atoms. The highest BCUT2D eigenvalue weighted by atomic mass is 35.5. The van der Waals surface area contributed by atoms with Gasteiger partial charge in [-0.25, -0.2) is 0 Å². The van der Waals surface area contributed by atoms with Gasteiger partial charge < -0.3 is 9.64 Å². The van der Waals surface area contributed by atoms with Gasteiger partial charge in [0.15, 0.2) is 0 Å². The first-order chi connectivity index (χ1) is 11.4. The van der Waals surface area contributed by atoms with Gasteiger partial charge in [-0.15, -0.1) is 0 Å². The van der Waals surface area contributed by atoms with E-state index in [-0.39, 0.29) is 30.1 Å². The van der Waals surface area contributed by atoms with Crippen LogP contribution in [0.5, 0.6) is 0 Å². The summed E-state index contributed by atoms with van der Waals surface area (Å²) in [5.41, 5.74) is 2.09. The number of likely N-dealkylation sites (N-methyl/N-ethyl adjacent to an activating group) is 1. The fourth-order valence-electron chi connectivity index (χ4n) is 3.07. The van der Waals surface area contributed by atoms with E-state index in [1.807, 2.05) is 31.3 Å². The molecule has 3 rings (SSSR count). The molecule has 0 N–H and O–H groups in total. The molecule has 4 heteroatoms. The van der Waals surface area contributed by atoms with Crippen LogP contribution in [-0.2, 0) is 9.53 Å². The zero-order valence-corrected chi connectivity index (χ0v) is 15.0. The Balaban J connectivity index is 1.98. The molecule has 2 unspecified atom stereocenters. The molecule has 1 heterocycles. The molecule has 1 amide bonds. The molecule has 3 nitrogen and oxygen atoms in total. The molecule has 1 saturated heterocycles. The standard InChI is InChI=1S/C20H22ClNO2/c1-20(2)11-4-5-15(10-12-20)19-18(22(3)17(23)13-24-19)14-6-8-16(21)9-7-14/h4-12,18-19H,13H2,1-3H3. The third-order valence-corrected chi connectivity index (χ3v) is 4.80. The lowest BCUT2D eigenvalue weighted by molar-refractivity contribution is -0.151. The molecule has 2 atom stereocenters. The van der Waals surface area contributed by atoms with Gasteiger partial charge in [-0.1, -0.05) is 68.0 Å². The zero-order chi connectivity index (χ0) is 17.3. The van der Waals surface area contributed by atoms with E-state index in [1.54, 1.807) is 4.90 Å². The molecule has 2 aliphatic rings. The Labute approximate surface area is 148 Å². The van der Waals surface area contributed by atoms with Gasteiger partial charge in [-0.05, 0) is 23.3 Å². The smallest absolute Gasteiger partial charge is 0.248 e. The van der Waals surface area contributed by atoms with Crippen molar-refractivity contribution in [2.75, 3.05) is 13.7 Å². The van der Waals surface area contributed by atoms with Crippen LogP contribution in [0.3, 0.4) is 0 Å². The molecule has 1 aliphatic heterocycles. The number of morpholine rings is 1. The van der Waals surface area contributed by atoms with E-state index in [0.29, 0.717) is 5.02 Å². The average Bonchev–Trinajstić information content (AvgIpc) is 2.72. The van der Waals surface area contributed by atoms with E-state index in [0.717, 1.165) is 11.1 Å². The summed E-state index contributed by atoms with van der Waals surface area (Å²) in [6.07, 6.45) is 10.4. The lowest BCUT2D eigenvalue weighted by Gasteiger charge is -2.39. The molecule has 0 spiro atoms. The first kappa shape index (κ1) is 17.0. The van der Waals surface area contributed by atoms with Crippen molar-refractivity contribution in [3.05, 3.63) is 70.8 Å². The minimum atomic E-state index is -0.205. The molecule has 1 fully saturated rings. The Morgan fingerprint density at radius 1 is 1.21 bits per heavy atom. The van der Waals surface area contributed by atoms with Crippen LogP contribution in [0, 0.1) is 5.41 Å². The summed E-state index contributed by atoms with van der Waals surface area (Å²) in [6, 6.07) is 7.44. The summed E-state index contributed by atoms with van der Waals surface area (Å²) in [6.45, 7) is 4.42. The van der Waals surface area contributed by atoms with Crippen LogP contribution >= 0.6 is 11.6 Å². The summed E-state index contributed by atoms with van der Waals surface area (Å²) in [4.78, 5) is 13.9. The molecule has 126 valence electrons. The number of halogens is 1. The van der Waals surface area contributed by atoms with E-state index < -0.39 is 0 Å². The fourth-order valence-corrected chi connectivity index (χ4v) is 3.19. The summed E-state index contributed by atoms with van der Waals surface area (Å²) in [5.74, 6) is -0.0136. The number of benzene rings is 1. The van der Waals surface area contributed by atoms with E-state index in [9.17, 15) is 4.79 Å². The Bertz CT molecular complexity index is 716. The third-order valence-electron chi connectivity index (χ3n) is 4.54. The molecule has 0 aromatic heterocycles. The number of ether oxygens (including phenoxy) is 1. The molecule has 1 aromatic rings. The topological polar surface area (TPSA) is 29.5 Å². The number of allylic oxidation sites excluding steroid dienone is 4. The Morgan fingerprint density at radius 2 is 1.92 bits per heavy atom. The van der Waals surface area contributed by atoms with Crippen LogP contribution in [0.1, 0.15) is 25.5 Å².